The van der Waals surface area contributed by atoms with E-state index in [1.807, 2.05) is 0 Å². The topological polar surface area (TPSA) is 50.8 Å². The molecule has 0 saturated carbocycles. The number of alkyl halides is 2. The summed E-state index contributed by atoms with van der Waals surface area (Å²) in [6, 6.07) is 6.71. The summed E-state index contributed by atoms with van der Waals surface area (Å²) < 4.78 is 42.8. The van der Waals surface area contributed by atoms with Gasteiger partial charge in [0.2, 0.25) is 5.88 Å². The normalized spacial score (nSPS) is 10.5. The summed E-state index contributed by atoms with van der Waals surface area (Å²) in [5.74, 6) is -0.879. The third kappa shape index (κ3) is 2.85. The summed E-state index contributed by atoms with van der Waals surface area (Å²) in [6.45, 7) is -1.38. The van der Waals surface area contributed by atoms with E-state index in [0.29, 0.717) is 5.69 Å². The van der Waals surface area contributed by atoms with E-state index in [-0.39, 0.29) is 17.1 Å². The Labute approximate surface area is 106 Å². The zero-order chi connectivity index (χ0) is 14.0. The lowest BCUT2D eigenvalue weighted by molar-refractivity contribution is -0.0530. The quantitative estimate of drug-likeness (QED) is 0.859. The standard InChI is InChI=1S/C12H8F3N3O/c1-7-2-11(19-12(14)15)17-18(7)10-4-8(6-16)3-9(13)5-10/h2-5,12H,1H3. The first-order valence-corrected chi connectivity index (χ1v) is 5.22. The molecule has 0 fully saturated rings. The van der Waals surface area contributed by atoms with Gasteiger partial charge in [-0.1, -0.05) is 0 Å². The Morgan fingerprint density at radius 2 is 2.05 bits per heavy atom. The van der Waals surface area contributed by atoms with E-state index >= 15 is 0 Å². The van der Waals surface area contributed by atoms with Crippen LogP contribution in [0.15, 0.2) is 24.3 Å². The summed E-state index contributed by atoms with van der Waals surface area (Å²) in [5.41, 5.74) is 0.851. The Hall–Kier alpha value is -2.49. The highest BCUT2D eigenvalue weighted by atomic mass is 19.3. The number of rotatable bonds is 3. The first kappa shape index (κ1) is 13.0. The van der Waals surface area contributed by atoms with Crippen molar-refractivity contribution in [2.45, 2.75) is 13.5 Å². The average molecular weight is 267 g/mol. The Kier molecular flexibility index (Phi) is 3.42. The lowest BCUT2D eigenvalue weighted by atomic mass is 10.2. The van der Waals surface area contributed by atoms with Crippen molar-refractivity contribution in [2.75, 3.05) is 0 Å². The zero-order valence-corrected chi connectivity index (χ0v) is 9.77. The smallest absolute Gasteiger partial charge is 0.388 e. The molecule has 0 radical (unpaired) electrons. The van der Waals surface area contributed by atoms with Crippen molar-refractivity contribution >= 4 is 0 Å². The van der Waals surface area contributed by atoms with Crippen molar-refractivity contribution in [2.24, 2.45) is 0 Å². The largest absolute Gasteiger partial charge is 0.415 e. The maximum Gasteiger partial charge on any atom is 0.388 e. The van der Waals surface area contributed by atoms with Gasteiger partial charge in [0.25, 0.3) is 0 Å². The van der Waals surface area contributed by atoms with Gasteiger partial charge in [-0.3, -0.25) is 0 Å². The van der Waals surface area contributed by atoms with Crippen LogP contribution in [0, 0.1) is 24.1 Å². The van der Waals surface area contributed by atoms with E-state index in [9.17, 15) is 13.2 Å². The molecule has 0 atom stereocenters. The molecule has 0 aliphatic heterocycles. The van der Waals surface area contributed by atoms with Gasteiger partial charge in [-0.15, -0.1) is 5.10 Å². The second kappa shape index (κ2) is 5.02. The molecule has 0 bridgehead atoms. The maximum atomic E-state index is 13.3. The fourth-order valence-corrected chi connectivity index (χ4v) is 1.62. The van der Waals surface area contributed by atoms with Gasteiger partial charge < -0.3 is 4.74 Å². The highest BCUT2D eigenvalue weighted by Gasteiger charge is 2.12. The van der Waals surface area contributed by atoms with Gasteiger partial charge in [0.15, 0.2) is 0 Å². The van der Waals surface area contributed by atoms with Gasteiger partial charge in [0.05, 0.1) is 17.3 Å². The average Bonchev–Trinajstić information content (AvgIpc) is 2.68. The predicted molar refractivity (Wildman–Crippen MR) is 59.6 cm³/mol. The third-order valence-corrected chi connectivity index (χ3v) is 2.33. The van der Waals surface area contributed by atoms with Gasteiger partial charge in [0, 0.05) is 11.8 Å². The minimum atomic E-state index is -2.98. The molecule has 0 aliphatic rings. The van der Waals surface area contributed by atoms with Crippen molar-refractivity contribution in [3.05, 3.63) is 41.3 Å². The van der Waals surface area contributed by atoms with Gasteiger partial charge in [0.1, 0.15) is 5.82 Å². The molecule has 2 rings (SSSR count). The molecule has 0 spiro atoms. The number of nitrogens with zero attached hydrogens (tertiary/aromatic N) is 3. The molecule has 0 saturated heterocycles. The second-order valence-corrected chi connectivity index (χ2v) is 3.72. The van der Waals surface area contributed by atoms with Crippen molar-refractivity contribution in [3.63, 3.8) is 0 Å². The van der Waals surface area contributed by atoms with Gasteiger partial charge in [-0.2, -0.15) is 14.0 Å². The second-order valence-electron chi connectivity index (χ2n) is 3.72. The van der Waals surface area contributed by atoms with Crippen molar-refractivity contribution < 1.29 is 17.9 Å². The van der Waals surface area contributed by atoms with Crippen LogP contribution in [0.1, 0.15) is 11.3 Å². The molecular formula is C12H8F3N3O. The maximum absolute atomic E-state index is 13.3. The van der Waals surface area contributed by atoms with Crippen molar-refractivity contribution in [3.8, 4) is 17.6 Å². The zero-order valence-electron chi connectivity index (χ0n) is 9.77. The third-order valence-electron chi connectivity index (χ3n) is 2.33. The Bertz CT molecular complexity index is 646. The molecule has 0 unspecified atom stereocenters. The number of aryl methyl sites for hydroxylation is 1. The van der Waals surface area contributed by atoms with Crippen LogP contribution in [0.25, 0.3) is 5.69 Å². The summed E-state index contributed by atoms with van der Waals surface area (Å²) in [6.07, 6.45) is 0. The first-order valence-electron chi connectivity index (χ1n) is 5.22. The highest BCUT2D eigenvalue weighted by Crippen LogP contribution is 2.20. The number of benzene rings is 1. The van der Waals surface area contributed by atoms with Gasteiger partial charge in [-0.25, -0.2) is 9.07 Å². The number of aromatic nitrogens is 2. The van der Waals surface area contributed by atoms with Crippen molar-refractivity contribution in [1.29, 1.82) is 5.26 Å². The van der Waals surface area contributed by atoms with Gasteiger partial charge >= 0.3 is 6.61 Å². The number of hydrogen-bond donors (Lipinski definition) is 0. The van der Waals surface area contributed by atoms with Crippen LogP contribution >= 0.6 is 0 Å². The Morgan fingerprint density at radius 1 is 1.32 bits per heavy atom. The summed E-state index contributed by atoms with van der Waals surface area (Å²) in [5, 5.41) is 12.5. The molecule has 0 aliphatic carbocycles. The van der Waals surface area contributed by atoms with Crippen LogP contribution in [0.4, 0.5) is 13.2 Å². The number of hydrogen-bond acceptors (Lipinski definition) is 3. The summed E-state index contributed by atoms with van der Waals surface area (Å²) in [7, 11) is 0. The number of ether oxygens (including phenoxy) is 1. The van der Waals surface area contributed by atoms with E-state index in [1.165, 1.54) is 16.8 Å². The minimum Gasteiger partial charge on any atom is -0.415 e. The van der Waals surface area contributed by atoms with E-state index < -0.39 is 12.4 Å². The fourth-order valence-electron chi connectivity index (χ4n) is 1.62. The molecule has 98 valence electrons. The highest BCUT2D eigenvalue weighted by molar-refractivity contribution is 5.42. The fraction of sp³-hybridized carbons (Fsp3) is 0.167. The number of halogens is 3. The van der Waals surface area contributed by atoms with Crippen molar-refractivity contribution in [1.82, 2.24) is 9.78 Å². The van der Waals surface area contributed by atoms with Crippen LogP contribution in [-0.4, -0.2) is 16.4 Å². The molecule has 0 amide bonds. The molecule has 7 heteroatoms. The van der Waals surface area contributed by atoms with E-state index in [4.69, 9.17) is 5.26 Å². The molecular weight excluding hydrogens is 259 g/mol. The molecule has 19 heavy (non-hydrogen) atoms. The first-order chi connectivity index (χ1) is 8.99. The SMILES string of the molecule is Cc1cc(OC(F)F)nn1-c1cc(F)cc(C#N)c1. The molecule has 2 aromatic rings. The van der Waals surface area contributed by atoms with Gasteiger partial charge in [-0.05, 0) is 25.1 Å². The molecule has 1 heterocycles. The Morgan fingerprint density at radius 3 is 2.68 bits per heavy atom. The minimum absolute atomic E-state index is 0.112. The summed E-state index contributed by atoms with van der Waals surface area (Å²) in [4.78, 5) is 0. The predicted octanol–water partition coefficient (Wildman–Crippen LogP) is 2.79. The number of nitriles is 1. The van der Waals surface area contributed by atoms with E-state index in [2.05, 4.69) is 9.84 Å². The lowest BCUT2D eigenvalue weighted by Crippen LogP contribution is -2.04. The van der Waals surface area contributed by atoms with E-state index in [1.54, 1.807) is 13.0 Å². The van der Waals surface area contributed by atoms with Crippen LogP contribution in [0.2, 0.25) is 0 Å². The van der Waals surface area contributed by atoms with E-state index in [0.717, 1.165) is 12.1 Å². The van der Waals surface area contributed by atoms with Crippen LogP contribution in [-0.2, 0) is 0 Å². The monoisotopic (exact) mass is 267 g/mol. The molecule has 0 N–H and O–H groups in total. The Balaban J connectivity index is 2.44. The van der Waals surface area contributed by atoms with Crippen LogP contribution in [0.3, 0.4) is 0 Å². The lowest BCUT2D eigenvalue weighted by Gasteiger charge is -2.04. The molecule has 1 aromatic carbocycles. The van der Waals surface area contributed by atoms with Crippen LogP contribution in [0.5, 0.6) is 5.88 Å². The molecule has 4 nitrogen and oxygen atoms in total. The van der Waals surface area contributed by atoms with Crippen LogP contribution < -0.4 is 4.74 Å². The summed E-state index contributed by atoms with van der Waals surface area (Å²) >= 11 is 0. The molecule has 1 aromatic heterocycles.